The van der Waals surface area contributed by atoms with Gasteiger partial charge in [0.2, 0.25) is 0 Å². The van der Waals surface area contributed by atoms with Crippen molar-refractivity contribution in [3.8, 4) is 5.75 Å². The molecule has 0 atom stereocenters. The van der Waals surface area contributed by atoms with Crippen LogP contribution in [-0.2, 0) is 19.4 Å². The maximum atomic E-state index is 13.0. The first-order valence-electron chi connectivity index (χ1n) is 9.66. The van der Waals surface area contributed by atoms with Crippen LogP contribution in [0.4, 0.5) is 0 Å². The lowest BCUT2D eigenvalue weighted by atomic mass is 9.94. The summed E-state index contributed by atoms with van der Waals surface area (Å²) in [5.74, 6) is 0.400. The van der Waals surface area contributed by atoms with Gasteiger partial charge < -0.3 is 9.47 Å². The average Bonchev–Trinajstić information content (AvgIpc) is 3.09. The molecule has 162 valence electrons. The molecule has 0 radical (unpaired) electrons. The number of carbonyl (C=O) groups is 1. The maximum Gasteiger partial charge on any atom is 0.344 e. The van der Waals surface area contributed by atoms with Gasteiger partial charge >= 0.3 is 5.97 Å². The number of benzene rings is 3. The summed E-state index contributed by atoms with van der Waals surface area (Å²) < 4.78 is 34.9. The van der Waals surface area contributed by atoms with Crippen molar-refractivity contribution < 1.29 is 22.7 Å². The SMILES string of the molecule is COc1ccccc1/C=C1\OC(=O)C(c2ccccc2Cl)=C1c1ccc(S(C)(=O)=O)cc1. The minimum absolute atomic E-state index is 0.182. The number of methoxy groups -OCH3 is 1. The summed E-state index contributed by atoms with van der Waals surface area (Å²) in [7, 11) is -1.80. The molecule has 0 aliphatic carbocycles. The van der Waals surface area contributed by atoms with Gasteiger partial charge in [-0.3, -0.25) is 0 Å². The van der Waals surface area contributed by atoms with E-state index in [2.05, 4.69) is 0 Å². The summed E-state index contributed by atoms with van der Waals surface area (Å²) >= 11 is 6.40. The number of allylic oxidation sites excluding steroid dienone is 1. The molecule has 0 saturated heterocycles. The van der Waals surface area contributed by atoms with E-state index >= 15 is 0 Å². The molecule has 0 spiro atoms. The van der Waals surface area contributed by atoms with Gasteiger partial charge in [0.05, 0.1) is 17.6 Å². The second-order valence-electron chi connectivity index (χ2n) is 7.17. The number of hydrogen-bond acceptors (Lipinski definition) is 5. The van der Waals surface area contributed by atoms with E-state index in [1.807, 2.05) is 24.3 Å². The summed E-state index contributed by atoms with van der Waals surface area (Å²) in [5.41, 5.74) is 2.71. The van der Waals surface area contributed by atoms with Crippen molar-refractivity contribution in [2.24, 2.45) is 0 Å². The minimum Gasteiger partial charge on any atom is -0.496 e. The molecule has 1 aliphatic heterocycles. The molecule has 0 unspecified atom stereocenters. The van der Waals surface area contributed by atoms with Crippen molar-refractivity contribution in [1.29, 1.82) is 0 Å². The monoisotopic (exact) mass is 466 g/mol. The molecule has 1 heterocycles. The van der Waals surface area contributed by atoms with Crippen LogP contribution >= 0.6 is 11.6 Å². The maximum absolute atomic E-state index is 13.0. The fraction of sp³-hybridized carbons (Fsp3) is 0.0800. The van der Waals surface area contributed by atoms with Gasteiger partial charge in [-0.15, -0.1) is 0 Å². The van der Waals surface area contributed by atoms with Gasteiger partial charge in [-0.25, -0.2) is 13.2 Å². The lowest BCUT2D eigenvalue weighted by Gasteiger charge is -2.09. The predicted octanol–water partition coefficient (Wildman–Crippen LogP) is 5.26. The van der Waals surface area contributed by atoms with Crippen molar-refractivity contribution in [2.75, 3.05) is 13.4 Å². The van der Waals surface area contributed by atoms with Crippen LogP contribution < -0.4 is 4.74 Å². The van der Waals surface area contributed by atoms with Gasteiger partial charge in [0.25, 0.3) is 0 Å². The van der Waals surface area contributed by atoms with Crippen LogP contribution in [-0.4, -0.2) is 27.8 Å². The molecule has 3 aromatic carbocycles. The molecule has 5 nitrogen and oxygen atoms in total. The second kappa shape index (κ2) is 8.65. The molecule has 1 aliphatic rings. The van der Waals surface area contributed by atoms with Crippen molar-refractivity contribution in [1.82, 2.24) is 0 Å². The summed E-state index contributed by atoms with van der Waals surface area (Å²) in [6.07, 6.45) is 2.87. The molecule has 4 rings (SSSR count). The van der Waals surface area contributed by atoms with Crippen molar-refractivity contribution in [2.45, 2.75) is 4.90 Å². The zero-order valence-electron chi connectivity index (χ0n) is 17.3. The van der Waals surface area contributed by atoms with Crippen LogP contribution in [0.15, 0.2) is 83.5 Å². The molecule has 32 heavy (non-hydrogen) atoms. The third-order valence-corrected chi connectivity index (χ3v) is 6.50. The van der Waals surface area contributed by atoms with Crippen molar-refractivity contribution in [3.63, 3.8) is 0 Å². The third-order valence-electron chi connectivity index (χ3n) is 5.04. The van der Waals surface area contributed by atoms with E-state index in [0.29, 0.717) is 38.8 Å². The van der Waals surface area contributed by atoms with Gasteiger partial charge in [0.1, 0.15) is 11.5 Å². The summed E-state index contributed by atoms with van der Waals surface area (Å²) in [6, 6.07) is 20.7. The van der Waals surface area contributed by atoms with Gasteiger partial charge in [-0.2, -0.15) is 0 Å². The number of para-hydroxylation sites is 1. The highest BCUT2D eigenvalue weighted by Gasteiger charge is 2.33. The largest absolute Gasteiger partial charge is 0.496 e. The standard InChI is InChI=1S/C25H19ClO5S/c1-30-21-10-6-3-7-17(21)15-22-23(16-11-13-18(14-12-16)32(2,28)29)24(25(27)31-22)19-8-4-5-9-20(19)26/h3-15H,1-2H3/b22-15-. The number of halogens is 1. The van der Waals surface area contributed by atoms with E-state index in [1.54, 1.807) is 49.6 Å². The molecule has 3 aromatic rings. The van der Waals surface area contributed by atoms with Crippen molar-refractivity contribution in [3.05, 3.63) is 100 Å². The van der Waals surface area contributed by atoms with Crippen LogP contribution in [0.3, 0.4) is 0 Å². The molecule has 0 bridgehead atoms. The normalized spacial score (nSPS) is 15.2. The van der Waals surface area contributed by atoms with E-state index in [9.17, 15) is 13.2 Å². The lowest BCUT2D eigenvalue weighted by molar-refractivity contribution is -0.131. The average molecular weight is 467 g/mol. The van der Waals surface area contributed by atoms with Crippen LogP contribution in [0.2, 0.25) is 5.02 Å². The number of rotatable bonds is 5. The zero-order chi connectivity index (χ0) is 22.9. The summed E-state index contributed by atoms with van der Waals surface area (Å²) in [5, 5.41) is 0.406. The minimum atomic E-state index is -3.36. The van der Waals surface area contributed by atoms with Crippen LogP contribution in [0.5, 0.6) is 5.75 Å². The lowest BCUT2D eigenvalue weighted by Crippen LogP contribution is -1.99. The van der Waals surface area contributed by atoms with E-state index < -0.39 is 15.8 Å². The Balaban J connectivity index is 1.97. The molecule has 0 N–H and O–H groups in total. The van der Waals surface area contributed by atoms with Gasteiger partial charge in [0.15, 0.2) is 9.84 Å². The Bertz CT molecular complexity index is 1370. The summed E-state index contributed by atoms with van der Waals surface area (Å²) in [4.78, 5) is 13.2. The first-order chi connectivity index (χ1) is 15.3. The Morgan fingerprint density at radius 2 is 1.56 bits per heavy atom. The van der Waals surface area contributed by atoms with E-state index in [4.69, 9.17) is 21.1 Å². The molecule has 0 saturated carbocycles. The number of carbonyl (C=O) groups excluding carboxylic acids is 1. The Labute approximate surface area is 191 Å². The highest BCUT2D eigenvalue weighted by molar-refractivity contribution is 7.90. The highest BCUT2D eigenvalue weighted by atomic mass is 35.5. The zero-order valence-corrected chi connectivity index (χ0v) is 18.9. The fourth-order valence-corrected chi connectivity index (χ4v) is 4.38. The van der Waals surface area contributed by atoms with Crippen molar-refractivity contribution >= 4 is 44.6 Å². The number of sulfone groups is 1. The number of ether oxygens (including phenoxy) is 2. The molecule has 7 heteroatoms. The Morgan fingerprint density at radius 1 is 0.906 bits per heavy atom. The van der Waals surface area contributed by atoms with Crippen LogP contribution in [0, 0.1) is 0 Å². The number of cyclic esters (lactones) is 1. The van der Waals surface area contributed by atoms with E-state index in [-0.39, 0.29) is 4.90 Å². The van der Waals surface area contributed by atoms with E-state index in [0.717, 1.165) is 11.8 Å². The molecular weight excluding hydrogens is 448 g/mol. The predicted molar refractivity (Wildman–Crippen MR) is 125 cm³/mol. The third kappa shape index (κ3) is 4.20. The van der Waals surface area contributed by atoms with E-state index in [1.165, 1.54) is 12.1 Å². The van der Waals surface area contributed by atoms with Gasteiger partial charge in [-0.05, 0) is 35.9 Å². The first-order valence-corrected chi connectivity index (χ1v) is 11.9. The number of hydrogen-bond donors (Lipinski definition) is 0. The quantitative estimate of drug-likeness (QED) is 0.479. The Kier molecular flexibility index (Phi) is 5.91. The van der Waals surface area contributed by atoms with Gasteiger partial charge in [-0.1, -0.05) is 60.1 Å². The first kappa shape index (κ1) is 21.9. The Morgan fingerprint density at radius 3 is 2.22 bits per heavy atom. The summed E-state index contributed by atoms with van der Waals surface area (Å²) in [6.45, 7) is 0. The number of esters is 1. The van der Waals surface area contributed by atoms with Gasteiger partial charge in [0, 0.05) is 28.0 Å². The second-order valence-corrected chi connectivity index (χ2v) is 9.59. The molecule has 0 fully saturated rings. The smallest absolute Gasteiger partial charge is 0.344 e. The highest BCUT2D eigenvalue weighted by Crippen LogP contribution is 2.43. The Hall–Kier alpha value is -3.35. The fourth-order valence-electron chi connectivity index (χ4n) is 3.52. The molecular formula is C25H19ClO5S. The van der Waals surface area contributed by atoms with Crippen LogP contribution in [0.1, 0.15) is 16.7 Å². The topological polar surface area (TPSA) is 69.7 Å². The van der Waals surface area contributed by atoms with Crippen LogP contribution in [0.25, 0.3) is 17.2 Å². The molecule has 0 aromatic heterocycles. The molecule has 0 amide bonds.